The Morgan fingerprint density at radius 2 is 1.62 bits per heavy atom. The molecule has 1 aromatic carbocycles. The summed E-state index contributed by atoms with van der Waals surface area (Å²) >= 11 is 0. The maximum Gasteiger partial charge on any atom is 0.0337 e. The fourth-order valence-corrected chi connectivity index (χ4v) is 1.40. The van der Waals surface area contributed by atoms with Gasteiger partial charge in [-0.05, 0) is 29.5 Å². The minimum Gasteiger partial charge on any atom is -0.388 e. The molecule has 1 aromatic rings. The zero-order valence-corrected chi connectivity index (χ0v) is 9.02. The highest BCUT2D eigenvalue weighted by Gasteiger charge is 2.10. The van der Waals surface area contributed by atoms with E-state index in [9.17, 15) is 0 Å². The van der Waals surface area contributed by atoms with Crippen molar-refractivity contribution in [3.63, 3.8) is 0 Å². The molecule has 1 heteroatoms. The molecule has 0 aliphatic carbocycles. The molecule has 0 saturated carbocycles. The molecule has 0 bridgehead atoms. The van der Waals surface area contributed by atoms with E-state index in [-0.39, 0.29) is 0 Å². The molecule has 0 fully saturated rings. The van der Waals surface area contributed by atoms with Crippen molar-refractivity contribution < 1.29 is 0 Å². The van der Waals surface area contributed by atoms with Gasteiger partial charge in [0, 0.05) is 12.7 Å². The second-order valence-corrected chi connectivity index (χ2v) is 4.68. The highest BCUT2D eigenvalue weighted by Crippen LogP contribution is 2.21. The molecule has 72 valence electrons. The molecule has 0 aromatic heterocycles. The van der Waals surface area contributed by atoms with Crippen LogP contribution >= 0.6 is 0 Å². The van der Waals surface area contributed by atoms with Crippen LogP contribution in [0.1, 0.15) is 26.3 Å². The average Bonchev–Trinajstić information content (AvgIpc) is 2.03. The van der Waals surface area contributed by atoms with Crippen LogP contribution in [0.15, 0.2) is 24.3 Å². The van der Waals surface area contributed by atoms with Crippen molar-refractivity contribution in [2.45, 2.75) is 27.2 Å². The largest absolute Gasteiger partial charge is 0.388 e. The minimum absolute atomic E-state index is 0.376. The summed E-state index contributed by atoms with van der Waals surface area (Å²) in [7, 11) is 1.94. The lowest BCUT2D eigenvalue weighted by molar-refractivity contribution is 0.411. The van der Waals surface area contributed by atoms with E-state index >= 15 is 0 Å². The molecule has 0 amide bonds. The van der Waals surface area contributed by atoms with E-state index in [0.29, 0.717) is 5.41 Å². The summed E-state index contributed by atoms with van der Waals surface area (Å²) in [5, 5.41) is 3.12. The molecule has 1 nitrogen and oxygen atoms in total. The number of nitrogens with one attached hydrogen (secondary N) is 1. The standard InChI is InChI=1S/C12H19N/c1-12(2,3)9-10-5-7-11(13-4)8-6-10/h5-8,13H,9H2,1-4H3. The Kier molecular flexibility index (Phi) is 2.97. The molecule has 0 heterocycles. The quantitative estimate of drug-likeness (QED) is 0.730. The van der Waals surface area contributed by atoms with Crippen LogP contribution in [0.5, 0.6) is 0 Å². The zero-order valence-electron chi connectivity index (χ0n) is 9.02. The van der Waals surface area contributed by atoms with E-state index in [1.807, 2.05) is 7.05 Å². The lowest BCUT2D eigenvalue weighted by atomic mass is 9.88. The number of rotatable bonds is 2. The van der Waals surface area contributed by atoms with Crippen LogP contribution in [0.3, 0.4) is 0 Å². The van der Waals surface area contributed by atoms with E-state index in [0.717, 1.165) is 6.42 Å². The van der Waals surface area contributed by atoms with Gasteiger partial charge in [0.25, 0.3) is 0 Å². The van der Waals surface area contributed by atoms with Crippen LogP contribution in [0.4, 0.5) is 5.69 Å². The Labute approximate surface area is 81.2 Å². The molecule has 0 aliphatic rings. The first kappa shape index (κ1) is 10.1. The van der Waals surface area contributed by atoms with Crippen molar-refractivity contribution in [1.29, 1.82) is 0 Å². The summed E-state index contributed by atoms with van der Waals surface area (Å²) in [6.45, 7) is 6.79. The monoisotopic (exact) mass is 177 g/mol. The number of hydrogen-bond acceptors (Lipinski definition) is 1. The second-order valence-electron chi connectivity index (χ2n) is 4.68. The number of anilines is 1. The van der Waals surface area contributed by atoms with Gasteiger partial charge in [-0.2, -0.15) is 0 Å². The fourth-order valence-electron chi connectivity index (χ4n) is 1.40. The lowest BCUT2D eigenvalue weighted by Crippen LogP contribution is -2.08. The first-order valence-corrected chi connectivity index (χ1v) is 4.78. The first-order valence-electron chi connectivity index (χ1n) is 4.78. The predicted octanol–water partition coefficient (Wildman–Crippen LogP) is 3.32. The lowest BCUT2D eigenvalue weighted by Gasteiger charge is -2.18. The van der Waals surface area contributed by atoms with Gasteiger partial charge in [0.1, 0.15) is 0 Å². The average molecular weight is 177 g/mol. The van der Waals surface area contributed by atoms with Gasteiger partial charge >= 0.3 is 0 Å². The topological polar surface area (TPSA) is 12.0 Å². The second kappa shape index (κ2) is 3.82. The summed E-state index contributed by atoms with van der Waals surface area (Å²) in [6.07, 6.45) is 1.14. The molecule has 1 rings (SSSR count). The SMILES string of the molecule is CNc1ccc(CC(C)(C)C)cc1. The van der Waals surface area contributed by atoms with Crippen LogP contribution in [0, 0.1) is 5.41 Å². The highest BCUT2D eigenvalue weighted by atomic mass is 14.8. The van der Waals surface area contributed by atoms with Crippen molar-refractivity contribution in [1.82, 2.24) is 0 Å². The maximum atomic E-state index is 3.12. The zero-order chi connectivity index (χ0) is 9.90. The van der Waals surface area contributed by atoms with Crippen molar-refractivity contribution in [3.05, 3.63) is 29.8 Å². The third-order valence-corrected chi connectivity index (χ3v) is 1.98. The Morgan fingerprint density at radius 1 is 1.08 bits per heavy atom. The van der Waals surface area contributed by atoms with E-state index in [2.05, 4.69) is 50.4 Å². The summed E-state index contributed by atoms with van der Waals surface area (Å²) in [4.78, 5) is 0. The minimum atomic E-state index is 0.376. The Morgan fingerprint density at radius 3 is 2.00 bits per heavy atom. The van der Waals surface area contributed by atoms with Crippen LogP contribution in [-0.2, 0) is 6.42 Å². The number of hydrogen-bond donors (Lipinski definition) is 1. The van der Waals surface area contributed by atoms with E-state index in [1.54, 1.807) is 0 Å². The molecule has 0 atom stereocenters. The first-order chi connectivity index (χ1) is 6.01. The molecular formula is C12H19N. The molecule has 0 radical (unpaired) electrons. The van der Waals surface area contributed by atoms with Gasteiger partial charge in [-0.1, -0.05) is 32.9 Å². The van der Waals surface area contributed by atoms with Crippen molar-refractivity contribution in [2.75, 3.05) is 12.4 Å². The summed E-state index contributed by atoms with van der Waals surface area (Å²) in [5.41, 5.74) is 2.96. The van der Waals surface area contributed by atoms with Crippen LogP contribution in [-0.4, -0.2) is 7.05 Å². The maximum absolute atomic E-state index is 3.12. The van der Waals surface area contributed by atoms with Crippen molar-refractivity contribution in [2.24, 2.45) is 5.41 Å². The summed E-state index contributed by atoms with van der Waals surface area (Å²) in [6, 6.07) is 8.64. The van der Waals surface area contributed by atoms with Gasteiger partial charge in [-0.25, -0.2) is 0 Å². The highest BCUT2D eigenvalue weighted by molar-refractivity contribution is 5.43. The Hall–Kier alpha value is -0.980. The van der Waals surface area contributed by atoms with E-state index in [4.69, 9.17) is 0 Å². The molecule has 1 N–H and O–H groups in total. The normalized spacial score (nSPS) is 11.4. The fraction of sp³-hybridized carbons (Fsp3) is 0.500. The molecule has 0 unspecified atom stereocenters. The van der Waals surface area contributed by atoms with Gasteiger partial charge in [0.15, 0.2) is 0 Å². The van der Waals surface area contributed by atoms with Crippen LogP contribution in [0.2, 0.25) is 0 Å². The summed E-state index contributed by atoms with van der Waals surface area (Å²) < 4.78 is 0. The van der Waals surface area contributed by atoms with Crippen molar-refractivity contribution in [3.8, 4) is 0 Å². The van der Waals surface area contributed by atoms with Crippen LogP contribution < -0.4 is 5.32 Å². The van der Waals surface area contributed by atoms with Crippen LogP contribution in [0.25, 0.3) is 0 Å². The van der Waals surface area contributed by atoms with Gasteiger partial charge in [0.2, 0.25) is 0 Å². The third kappa shape index (κ3) is 3.49. The molecule has 0 spiro atoms. The van der Waals surface area contributed by atoms with E-state index in [1.165, 1.54) is 11.3 Å². The molecular weight excluding hydrogens is 158 g/mol. The van der Waals surface area contributed by atoms with Gasteiger partial charge in [-0.3, -0.25) is 0 Å². The molecule has 0 aliphatic heterocycles. The predicted molar refractivity (Wildman–Crippen MR) is 59.1 cm³/mol. The van der Waals surface area contributed by atoms with Gasteiger partial charge in [-0.15, -0.1) is 0 Å². The third-order valence-electron chi connectivity index (χ3n) is 1.98. The van der Waals surface area contributed by atoms with E-state index < -0.39 is 0 Å². The molecule has 13 heavy (non-hydrogen) atoms. The Bertz CT molecular complexity index is 253. The molecule has 0 saturated heterocycles. The number of benzene rings is 1. The van der Waals surface area contributed by atoms with Gasteiger partial charge in [0.05, 0.1) is 0 Å². The van der Waals surface area contributed by atoms with Gasteiger partial charge < -0.3 is 5.32 Å². The van der Waals surface area contributed by atoms with Crippen molar-refractivity contribution >= 4 is 5.69 Å². The Balaban J connectivity index is 2.70. The summed E-state index contributed by atoms with van der Waals surface area (Å²) in [5.74, 6) is 0. The smallest absolute Gasteiger partial charge is 0.0337 e.